The van der Waals surface area contributed by atoms with E-state index in [0.717, 1.165) is 22.5 Å². The van der Waals surface area contributed by atoms with Gasteiger partial charge in [-0.3, -0.25) is 14.6 Å². The van der Waals surface area contributed by atoms with Crippen molar-refractivity contribution >= 4 is 23.3 Å². The first kappa shape index (κ1) is 17.5. The number of aromatic nitrogens is 1. The number of halogens is 1. The largest absolute Gasteiger partial charge is 0.383 e. The third kappa shape index (κ3) is 2.33. The van der Waals surface area contributed by atoms with E-state index in [9.17, 15) is 9.59 Å². The zero-order chi connectivity index (χ0) is 18.9. The molecule has 0 radical (unpaired) electrons. The average Bonchev–Trinajstić information content (AvgIpc) is 2.92. The van der Waals surface area contributed by atoms with Gasteiger partial charge in [-0.15, -0.1) is 0 Å². The van der Waals surface area contributed by atoms with E-state index in [-0.39, 0.29) is 22.5 Å². The van der Waals surface area contributed by atoms with Gasteiger partial charge in [0.15, 0.2) is 5.78 Å². The normalized spacial score (nSPS) is 28.6. The van der Waals surface area contributed by atoms with Crippen molar-refractivity contribution in [2.45, 2.75) is 46.2 Å². The maximum Gasteiger partial charge on any atom is 0.229 e. The highest BCUT2D eigenvalue weighted by Gasteiger charge is 2.74. The van der Waals surface area contributed by atoms with E-state index in [2.05, 4.69) is 4.98 Å². The van der Waals surface area contributed by atoms with Gasteiger partial charge in [-0.1, -0.05) is 11.6 Å². The van der Waals surface area contributed by atoms with Crippen molar-refractivity contribution in [1.29, 1.82) is 0 Å². The lowest BCUT2D eigenvalue weighted by Crippen LogP contribution is -2.70. The lowest BCUT2D eigenvalue weighted by Gasteiger charge is -2.68. The number of fused-ring (bicyclic) bond motifs is 1. The van der Waals surface area contributed by atoms with E-state index in [0.29, 0.717) is 37.4 Å². The number of hydrogen-bond acceptors (Lipinski definition) is 4. The summed E-state index contributed by atoms with van der Waals surface area (Å²) in [5.74, 6) is 0.334. The number of carbonyl (C=O) groups excluding carboxylic acids is 2. The van der Waals surface area contributed by atoms with Gasteiger partial charge in [-0.05, 0) is 50.3 Å². The summed E-state index contributed by atoms with van der Waals surface area (Å²) in [6.07, 6.45) is 5.50. The SMILES string of the molecule is Cc1nc2c(c(C)c1Cl)CN(C(=O)C13CC(C(=O)/C=C/N(C)C)(C1)C3)C2. The third-order valence-electron chi connectivity index (χ3n) is 6.26. The summed E-state index contributed by atoms with van der Waals surface area (Å²) >= 11 is 6.32. The van der Waals surface area contributed by atoms with E-state index in [4.69, 9.17) is 11.6 Å². The molecule has 3 fully saturated rings. The Morgan fingerprint density at radius 1 is 1.15 bits per heavy atom. The van der Waals surface area contributed by atoms with Gasteiger partial charge in [0.2, 0.25) is 5.91 Å². The molecule has 26 heavy (non-hydrogen) atoms. The van der Waals surface area contributed by atoms with Gasteiger partial charge in [-0.25, -0.2) is 0 Å². The molecule has 6 heteroatoms. The molecule has 0 aromatic carbocycles. The molecule has 1 amide bonds. The van der Waals surface area contributed by atoms with Gasteiger partial charge in [-0.2, -0.15) is 0 Å². The van der Waals surface area contributed by atoms with Crippen LogP contribution in [0.15, 0.2) is 12.3 Å². The Kier molecular flexibility index (Phi) is 3.75. The minimum Gasteiger partial charge on any atom is -0.383 e. The van der Waals surface area contributed by atoms with Gasteiger partial charge in [0.05, 0.1) is 28.4 Å². The van der Waals surface area contributed by atoms with Gasteiger partial charge in [0.1, 0.15) is 0 Å². The number of allylic oxidation sites excluding steroid dienone is 1. The summed E-state index contributed by atoms with van der Waals surface area (Å²) in [5, 5.41) is 0.695. The molecule has 3 aliphatic carbocycles. The van der Waals surface area contributed by atoms with Crippen molar-refractivity contribution in [3.05, 3.63) is 39.8 Å². The molecular formula is C20H24ClN3O2. The Morgan fingerprint density at radius 2 is 1.81 bits per heavy atom. The van der Waals surface area contributed by atoms with Crippen LogP contribution in [-0.2, 0) is 22.7 Å². The zero-order valence-corrected chi connectivity index (χ0v) is 16.5. The summed E-state index contributed by atoms with van der Waals surface area (Å²) < 4.78 is 0. The zero-order valence-electron chi connectivity index (χ0n) is 15.7. The minimum absolute atomic E-state index is 0.158. The standard InChI is InChI=1S/C20H24ClN3O2/c1-12-14-7-24(8-15(14)22-13(2)17(12)21)18(26)20-9-19(10-20,11-20)16(25)5-6-23(3)4/h5-6H,7-11H2,1-4H3/b6-5+. The molecule has 1 aromatic rings. The maximum absolute atomic E-state index is 13.1. The monoisotopic (exact) mass is 373 g/mol. The number of amides is 1. The van der Waals surface area contributed by atoms with Crippen molar-refractivity contribution < 1.29 is 9.59 Å². The number of ketones is 1. The molecule has 2 bridgehead atoms. The van der Waals surface area contributed by atoms with E-state index in [1.807, 2.05) is 37.7 Å². The number of pyridine rings is 1. The molecule has 5 nitrogen and oxygen atoms in total. The summed E-state index contributed by atoms with van der Waals surface area (Å²) in [6, 6.07) is 0. The lowest BCUT2D eigenvalue weighted by molar-refractivity contribution is -0.212. The second-order valence-corrected chi connectivity index (χ2v) is 8.84. The molecule has 2 heterocycles. The van der Waals surface area contributed by atoms with Crippen LogP contribution in [-0.4, -0.2) is 40.6 Å². The third-order valence-corrected chi connectivity index (χ3v) is 6.82. The molecule has 3 saturated carbocycles. The van der Waals surface area contributed by atoms with Crippen molar-refractivity contribution in [3.8, 4) is 0 Å². The molecule has 138 valence electrons. The smallest absolute Gasteiger partial charge is 0.229 e. The molecule has 0 saturated heterocycles. The van der Waals surface area contributed by atoms with Crippen molar-refractivity contribution in [2.75, 3.05) is 14.1 Å². The molecule has 0 N–H and O–H groups in total. The number of nitrogens with zero attached hydrogens (tertiary/aromatic N) is 3. The molecule has 4 aliphatic rings. The van der Waals surface area contributed by atoms with Gasteiger partial charge < -0.3 is 9.80 Å². The van der Waals surface area contributed by atoms with Crippen LogP contribution in [0.1, 0.15) is 41.8 Å². The average molecular weight is 374 g/mol. The lowest BCUT2D eigenvalue weighted by atomic mass is 9.33. The molecule has 5 rings (SSSR count). The van der Waals surface area contributed by atoms with E-state index < -0.39 is 0 Å². The Balaban J connectivity index is 1.44. The van der Waals surface area contributed by atoms with Crippen molar-refractivity contribution in [2.24, 2.45) is 10.8 Å². The number of carbonyl (C=O) groups is 2. The summed E-state index contributed by atoms with van der Waals surface area (Å²) in [6.45, 7) is 5.03. The summed E-state index contributed by atoms with van der Waals surface area (Å²) in [4.78, 5) is 33.8. The first-order chi connectivity index (χ1) is 12.2. The summed E-state index contributed by atoms with van der Waals surface area (Å²) in [5.41, 5.74) is 3.28. The molecule has 0 spiro atoms. The fourth-order valence-corrected chi connectivity index (χ4v) is 5.01. The van der Waals surface area contributed by atoms with Gasteiger partial charge >= 0.3 is 0 Å². The second-order valence-electron chi connectivity index (χ2n) is 8.46. The highest BCUT2D eigenvalue weighted by molar-refractivity contribution is 6.32. The predicted octanol–water partition coefficient (Wildman–Crippen LogP) is 3.01. The Bertz CT molecular complexity index is 839. The number of hydrogen-bond donors (Lipinski definition) is 0. The fourth-order valence-electron chi connectivity index (χ4n) is 4.86. The first-order valence-electron chi connectivity index (χ1n) is 9.00. The first-order valence-corrected chi connectivity index (χ1v) is 9.38. The van der Waals surface area contributed by atoms with Crippen LogP contribution in [0, 0.1) is 24.7 Å². The van der Waals surface area contributed by atoms with E-state index in [1.165, 1.54) is 0 Å². The maximum atomic E-state index is 13.1. The van der Waals surface area contributed by atoms with Gasteiger partial charge in [0, 0.05) is 32.3 Å². The topological polar surface area (TPSA) is 53.5 Å². The predicted molar refractivity (Wildman–Crippen MR) is 99.5 cm³/mol. The highest BCUT2D eigenvalue weighted by atomic mass is 35.5. The van der Waals surface area contributed by atoms with Crippen LogP contribution in [0.25, 0.3) is 0 Å². The van der Waals surface area contributed by atoms with Crippen LogP contribution < -0.4 is 0 Å². The molecule has 0 unspecified atom stereocenters. The molecule has 0 atom stereocenters. The second kappa shape index (κ2) is 5.56. The van der Waals surface area contributed by atoms with Crippen molar-refractivity contribution in [3.63, 3.8) is 0 Å². The Labute approximate surface area is 159 Å². The Hall–Kier alpha value is -1.88. The van der Waals surface area contributed by atoms with Crippen LogP contribution >= 0.6 is 11.6 Å². The van der Waals surface area contributed by atoms with E-state index in [1.54, 1.807) is 12.3 Å². The van der Waals surface area contributed by atoms with Crippen LogP contribution in [0.5, 0.6) is 0 Å². The minimum atomic E-state index is -0.323. The fraction of sp³-hybridized carbons (Fsp3) is 0.550. The van der Waals surface area contributed by atoms with Crippen molar-refractivity contribution in [1.82, 2.24) is 14.8 Å². The van der Waals surface area contributed by atoms with Crippen LogP contribution in [0.3, 0.4) is 0 Å². The van der Waals surface area contributed by atoms with Crippen LogP contribution in [0.4, 0.5) is 0 Å². The molecular weight excluding hydrogens is 350 g/mol. The highest BCUT2D eigenvalue weighted by Crippen LogP contribution is 2.74. The Morgan fingerprint density at radius 3 is 2.42 bits per heavy atom. The quantitative estimate of drug-likeness (QED) is 0.761. The van der Waals surface area contributed by atoms with E-state index >= 15 is 0 Å². The number of rotatable bonds is 4. The van der Waals surface area contributed by atoms with Crippen LogP contribution in [0.2, 0.25) is 5.02 Å². The summed E-state index contributed by atoms with van der Waals surface area (Å²) in [7, 11) is 3.79. The molecule has 1 aliphatic heterocycles. The van der Waals surface area contributed by atoms with Gasteiger partial charge in [0.25, 0.3) is 0 Å². The molecule has 1 aromatic heterocycles. The number of aryl methyl sites for hydroxylation is 1.